The molecule has 0 radical (unpaired) electrons. The van der Waals surface area contributed by atoms with Gasteiger partial charge in [0.05, 0.1) is 6.61 Å². The summed E-state index contributed by atoms with van der Waals surface area (Å²) < 4.78 is 5.84. The maximum Gasteiger partial charge on any atom is 0.223 e. The van der Waals surface area contributed by atoms with Crippen LogP contribution in [0.25, 0.3) is 0 Å². The number of nitrogens with zero attached hydrogens (tertiary/aromatic N) is 1. The number of allylic oxidation sites excluding steroid dienone is 2. The molecular formula is C19H25NO2. The second kappa shape index (κ2) is 7.48. The summed E-state index contributed by atoms with van der Waals surface area (Å²) in [5.74, 6) is 2.32. The molecule has 3 nitrogen and oxygen atoms in total. The molecule has 3 heteroatoms. The van der Waals surface area contributed by atoms with Crippen molar-refractivity contribution in [1.82, 2.24) is 4.90 Å². The zero-order chi connectivity index (χ0) is 15.2. The van der Waals surface area contributed by atoms with E-state index in [1.807, 2.05) is 35.2 Å². The Morgan fingerprint density at radius 1 is 1.14 bits per heavy atom. The average molecular weight is 299 g/mol. The summed E-state index contributed by atoms with van der Waals surface area (Å²) in [6.45, 7) is 2.54. The number of carbonyl (C=O) groups excluding carboxylic acids is 1. The van der Waals surface area contributed by atoms with Crippen molar-refractivity contribution < 1.29 is 9.53 Å². The Balaban J connectivity index is 1.38. The zero-order valence-electron chi connectivity index (χ0n) is 13.1. The van der Waals surface area contributed by atoms with E-state index >= 15 is 0 Å². The fourth-order valence-corrected chi connectivity index (χ4v) is 3.30. The van der Waals surface area contributed by atoms with Crippen LogP contribution in [0.3, 0.4) is 0 Å². The van der Waals surface area contributed by atoms with Crippen molar-refractivity contribution >= 4 is 5.91 Å². The molecule has 1 aromatic carbocycles. The third-order valence-corrected chi connectivity index (χ3v) is 4.75. The quantitative estimate of drug-likeness (QED) is 0.777. The average Bonchev–Trinajstić information content (AvgIpc) is 3.07. The standard InChI is InChI=1S/C19H25NO2/c21-19(14-16-6-4-5-7-16)20-12-10-17(11-13-20)15-22-18-8-2-1-3-9-18/h1-4,6,8-9,16-17H,5,7,10-15H2. The molecule has 1 aliphatic heterocycles. The summed E-state index contributed by atoms with van der Waals surface area (Å²) in [6.07, 6.45) is 9.49. The van der Waals surface area contributed by atoms with E-state index in [1.165, 1.54) is 0 Å². The summed E-state index contributed by atoms with van der Waals surface area (Å²) in [4.78, 5) is 14.3. The summed E-state index contributed by atoms with van der Waals surface area (Å²) in [5.41, 5.74) is 0. The van der Waals surface area contributed by atoms with Gasteiger partial charge in [-0.25, -0.2) is 0 Å². The molecule has 0 N–H and O–H groups in total. The minimum atomic E-state index is 0.332. The van der Waals surface area contributed by atoms with Crippen LogP contribution in [0.4, 0.5) is 0 Å². The molecule has 1 saturated heterocycles. The maximum atomic E-state index is 12.3. The number of benzene rings is 1. The predicted octanol–water partition coefficient (Wildman–Crippen LogP) is 3.66. The SMILES string of the molecule is O=C(CC1C=CCC1)N1CCC(COc2ccccc2)CC1. The monoisotopic (exact) mass is 299 g/mol. The zero-order valence-corrected chi connectivity index (χ0v) is 13.1. The molecule has 1 atom stereocenters. The van der Waals surface area contributed by atoms with Gasteiger partial charge in [0.25, 0.3) is 0 Å². The first-order valence-corrected chi connectivity index (χ1v) is 8.43. The van der Waals surface area contributed by atoms with Gasteiger partial charge in [-0.05, 0) is 49.7 Å². The molecule has 0 bridgehead atoms. The number of hydrogen-bond donors (Lipinski definition) is 0. The Morgan fingerprint density at radius 2 is 1.91 bits per heavy atom. The first-order chi connectivity index (χ1) is 10.8. The Labute approximate surface area is 133 Å². The first-order valence-electron chi connectivity index (χ1n) is 8.43. The van der Waals surface area contributed by atoms with E-state index in [1.54, 1.807) is 0 Å². The lowest BCUT2D eigenvalue weighted by atomic mass is 9.96. The molecule has 22 heavy (non-hydrogen) atoms. The van der Waals surface area contributed by atoms with Crippen molar-refractivity contribution in [2.45, 2.75) is 32.1 Å². The van der Waals surface area contributed by atoms with Gasteiger partial charge < -0.3 is 9.64 Å². The number of carbonyl (C=O) groups is 1. The minimum absolute atomic E-state index is 0.332. The molecule has 0 aromatic heterocycles. The van der Waals surface area contributed by atoms with Gasteiger partial charge in [0.15, 0.2) is 0 Å². The predicted molar refractivity (Wildman–Crippen MR) is 87.7 cm³/mol. The first kappa shape index (κ1) is 15.1. The van der Waals surface area contributed by atoms with E-state index in [0.29, 0.717) is 24.2 Å². The van der Waals surface area contributed by atoms with Crippen LogP contribution < -0.4 is 4.74 Å². The number of likely N-dealkylation sites (tertiary alicyclic amines) is 1. The molecule has 0 saturated carbocycles. The van der Waals surface area contributed by atoms with Gasteiger partial charge in [0.2, 0.25) is 5.91 Å². The summed E-state index contributed by atoms with van der Waals surface area (Å²) in [7, 11) is 0. The van der Waals surface area contributed by atoms with E-state index in [-0.39, 0.29) is 0 Å². The number of piperidine rings is 1. The lowest BCUT2D eigenvalue weighted by Crippen LogP contribution is -2.40. The molecule has 1 fully saturated rings. The van der Waals surface area contributed by atoms with E-state index in [4.69, 9.17) is 4.74 Å². The molecule has 3 rings (SSSR count). The third kappa shape index (κ3) is 4.12. The highest BCUT2D eigenvalue weighted by molar-refractivity contribution is 5.76. The molecule has 0 spiro atoms. The highest BCUT2D eigenvalue weighted by Crippen LogP contribution is 2.24. The van der Waals surface area contributed by atoms with Crippen LogP contribution in [0.15, 0.2) is 42.5 Å². The van der Waals surface area contributed by atoms with Crippen molar-refractivity contribution in [3.8, 4) is 5.75 Å². The Hall–Kier alpha value is -1.77. The topological polar surface area (TPSA) is 29.5 Å². The second-order valence-electron chi connectivity index (χ2n) is 6.42. The van der Waals surface area contributed by atoms with Crippen molar-refractivity contribution in [3.05, 3.63) is 42.5 Å². The fraction of sp³-hybridized carbons (Fsp3) is 0.526. The van der Waals surface area contributed by atoms with Crippen LogP contribution in [-0.4, -0.2) is 30.5 Å². The Kier molecular flexibility index (Phi) is 5.15. The number of para-hydroxylation sites is 1. The number of ether oxygens (including phenoxy) is 1. The van der Waals surface area contributed by atoms with E-state index in [2.05, 4.69) is 12.2 Å². The number of amides is 1. The van der Waals surface area contributed by atoms with E-state index in [0.717, 1.165) is 51.1 Å². The van der Waals surface area contributed by atoms with Crippen LogP contribution >= 0.6 is 0 Å². The second-order valence-corrected chi connectivity index (χ2v) is 6.42. The molecule has 1 aliphatic carbocycles. The van der Waals surface area contributed by atoms with Gasteiger partial charge in [0.1, 0.15) is 5.75 Å². The molecule has 118 valence electrons. The lowest BCUT2D eigenvalue weighted by molar-refractivity contribution is -0.133. The molecule has 1 aromatic rings. The highest BCUT2D eigenvalue weighted by Gasteiger charge is 2.25. The van der Waals surface area contributed by atoms with Gasteiger partial charge in [-0.3, -0.25) is 4.79 Å². The third-order valence-electron chi connectivity index (χ3n) is 4.75. The summed E-state index contributed by atoms with van der Waals surface area (Å²) in [6, 6.07) is 9.97. The van der Waals surface area contributed by atoms with Crippen molar-refractivity contribution in [1.29, 1.82) is 0 Å². The van der Waals surface area contributed by atoms with Crippen LogP contribution in [0.5, 0.6) is 5.75 Å². The van der Waals surface area contributed by atoms with Gasteiger partial charge in [0, 0.05) is 19.5 Å². The van der Waals surface area contributed by atoms with Crippen LogP contribution in [0.1, 0.15) is 32.1 Å². The molecular weight excluding hydrogens is 274 g/mol. The largest absolute Gasteiger partial charge is 0.493 e. The highest BCUT2D eigenvalue weighted by atomic mass is 16.5. The van der Waals surface area contributed by atoms with Gasteiger partial charge >= 0.3 is 0 Å². The van der Waals surface area contributed by atoms with Gasteiger partial charge in [-0.15, -0.1) is 0 Å². The van der Waals surface area contributed by atoms with E-state index < -0.39 is 0 Å². The van der Waals surface area contributed by atoms with Crippen molar-refractivity contribution in [2.24, 2.45) is 11.8 Å². The molecule has 1 amide bonds. The van der Waals surface area contributed by atoms with Crippen LogP contribution in [-0.2, 0) is 4.79 Å². The van der Waals surface area contributed by atoms with E-state index in [9.17, 15) is 4.79 Å². The van der Waals surface area contributed by atoms with Gasteiger partial charge in [-0.1, -0.05) is 30.4 Å². The number of rotatable bonds is 5. The Bertz CT molecular complexity index is 503. The number of hydrogen-bond acceptors (Lipinski definition) is 2. The van der Waals surface area contributed by atoms with Crippen molar-refractivity contribution in [2.75, 3.05) is 19.7 Å². The minimum Gasteiger partial charge on any atom is -0.493 e. The molecule has 1 heterocycles. The lowest BCUT2D eigenvalue weighted by Gasteiger charge is -2.32. The normalized spacial score (nSPS) is 22.0. The van der Waals surface area contributed by atoms with Crippen LogP contribution in [0, 0.1) is 11.8 Å². The van der Waals surface area contributed by atoms with Crippen molar-refractivity contribution in [3.63, 3.8) is 0 Å². The smallest absolute Gasteiger partial charge is 0.223 e. The summed E-state index contributed by atoms with van der Waals surface area (Å²) >= 11 is 0. The summed E-state index contributed by atoms with van der Waals surface area (Å²) in [5, 5.41) is 0. The maximum absolute atomic E-state index is 12.3. The van der Waals surface area contributed by atoms with Crippen LogP contribution in [0.2, 0.25) is 0 Å². The molecule has 1 unspecified atom stereocenters. The van der Waals surface area contributed by atoms with Gasteiger partial charge in [-0.2, -0.15) is 0 Å². The molecule has 2 aliphatic rings. The fourth-order valence-electron chi connectivity index (χ4n) is 3.30. The Morgan fingerprint density at radius 3 is 2.59 bits per heavy atom.